The zero-order valence-corrected chi connectivity index (χ0v) is 24.6. The second kappa shape index (κ2) is 10.4. The van der Waals surface area contributed by atoms with Gasteiger partial charge in [0, 0.05) is 16.3 Å². The van der Waals surface area contributed by atoms with Gasteiger partial charge in [0.2, 0.25) is 0 Å². The Morgan fingerprint density at radius 2 is 0.689 bits per heavy atom. The van der Waals surface area contributed by atoms with Crippen LogP contribution in [0.25, 0.3) is 88.0 Å². The first-order valence-corrected chi connectivity index (χ1v) is 15.4. The predicted octanol–water partition coefficient (Wildman–Crippen LogP) is 12.6. The highest BCUT2D eigenvalue weighted by molar-refractivity contribution is 6.21. The predicted molar refractivity (Wildman–Crippen MR) is 190 cm³/mol. The van der Waals surface area contributed by atoms with Crippen LogP contribution in [0.15, 0.2) is 174 Å². The van der Waals surface area contributed by atoms with Gasteiger partial charge in [-0.3, -0.25) is 0 Å². The van der Waals surface area contributed by atoms with Crippen molar-refractivity contribution in [2.24, 2.45) is 0 Å². The molecule has 45 heavy (non-hydrogen) atoms. The maximum Gasteiger partial charge on any atom is 0.143 e. The summed E-state index contributed by atoms with van der Waals surface area (Å²) in [5.41, 5.74) is 11.4. The van der Waals surface area contributed by atoms with Crippen molar-refractivity contribution in [3.8, 4) is 44.5 Å². The van der Waals surface area contributed by atoms with Gasteiger partial charge in [-0.2, -0.15) is 0 Å². The molecule has 9 aromatic rings. The molecule has 0 radical (unpaired) electrons. The molecule has 1 nitrogen and oxygen atoms in total. The second-order valence-electron chi connectivity index (χ2n) is 11.6. The van der Waals surface area contributed by atoms with Crippen molar-refractivity contribution < 1.29 is 4.42 Å². The van der Waals surface area contributed by atoms with Crippen molar-refractivity contribution in [2.75, 3.05) is 0 Å². The standard InChI is InChI=1S/C44H28O/c1-3-13-29(14-4-1)34-28-27-33(43-39-21-11-12-22-40(39)45-44(34)43)30-23-25-32(26-24-30)42-37-19-9-7-17-35(37)41(31-15-5-2-6-16-31)36-18-8-10-20-38(36)42/h1-28H. The summed E-state index contributed by atoms with van der Waals surface area (Å²) in [6.45, 7) is 0. The van der Waals surface area contributed by atoms with Gasteiger partial charge in [0.05, 0.1) is 0 Å². The highest BCUT2D eigenvalue weighted by atomic mass is 16.3. The summed E-state index contributed by atoms with van der Waals surface area (Å²) in [7, 11) is 0. The van der Waals surface area contributed by atoms with Gasteiger partial charge in [0.15, 0.2) is 0 Å². The van der Waals surface area contributed by atoms with E-state index < -0.39 is 0 Å². The third-order valence-electron chi connectivity index (χ3n) is 9.09. The summed E-state index contributed by atoms with van der Waals surface area (Å²) in [4.78, 5) is 0. The molecule has 0 amide bonds. The normalized spacial score (nSPS) is 11.6. The Hall–Kier alpha value is -5.92. The molecular weight excluding hydrogens is 544 g/mol. The zero-order valence-electron chi connectivity index (χ0n) is 24.6. The number of hydrogen-bond acceptors (Lipinski definition) is 1. The number of para-hydroxylation sites is 1. The Morgan fingerprint density at radius 1 is 0.289 bits per heavy atom. The Labute approximate surface area is 261 Å². The molecule has 1 heteroatoms. The van der Waals surface area contributed by atoms with Crippen molar-refractivity contribution in [2.45, 2.75) is 0 Å². The fourth-order valence-corrected chi connectivity index (χ4v) is 7.09. The van der Waals surface area contributed by atoms with Crippen LogP contribution in [0.3, 0.4) is 0 Å². The van der Waals surface area contributed by atoms with Gasteiger partial charge < -0.3 is 4.42 Å². The van der Waals surface area contributed by atoms with Crippen LogP contribution >= 0.6 is 0 Å². The first-order valence-electron chi connectivity index (χ1n) is 15.4. The summed E-state index contributed by atoms with van der Waals surface area (Å²) in [5, 5.41) is 7.35. The minimum atomic E-state index is 0.908. The SMILES string of the molecule is c1ccc(-c2c3ccccc3c(-c3ccc(-c4ccc(-c5ccccc5)c5oc6ccccc6c45)cc3)c3ccccc23)cc1. The van der Waals surface area contributed by atoms with Crippen LogP contribution in [0.4, 0.5) is 0 Å². The molecule has 0 aliphatic rings. The van der Waals surface area contributed by atoms with Crippen molar-refractivity contribution in [3.05, 3.63) is 170 Å². The lowest BCUT2D eigenvalue weighted by atomic mass is 9.85. The summed E-state index contributed by atoms with van der Waals surface area (Å²) >= 11 is 0. The van der Waals surface area contributed by atoms with Crippen LogP contribution in [0.2, 0.25) is 0 Å². The molecule has 0 saturated heterocycles. The summed E-state index contributed by atoms with van der Waals surface area (Å²) in [6.07, 6.45) is 0. The van der Waals surface area contributed by atoms with Gasteiger partial charge in [0.25, 0.3) is 0 Å². The third-order valence-corrected chi connectivity index (χ3v) is 9.09. The lowest BCUT2D eigenvalue weighted by molar-refractivity contribution is 0.670. The topological polar surface area (TPSA) is 13.1 Å². The minimum absolute atomic E-state index is 0.908. The number of benzene rings is 8. The molecule has 0 aliphatic heterocycles. The molecular formula is C44H28O. The Kier molecular flexibility index (Phi) is 5.89. The van der Waals surface area contributed by atoms with Gasteiger partial charge in [-0.25, -0.2) is 0 Å². The van der Waals surface area contributed by atoms with Gasteiger partial charge >= 0.3 is 0 Å². The summed E-state index contributed by atoms with van der Waals surface area (Å²) in [5.74, 6) is 0. The van der Waals surface area contributed by atoms with Gasteiger partial charge in [-0.1, -0.05) is 158 Å². The Balaban J connectivity index is 1.25. The summed E-state index contributed by atoms with van der Waals surface area (Å²) < 4.78 is 6.54. The highest BCUT2D eigenvalue weighted by Gasteiger charge is 2.19. The molecule has 0 N–H and O–H groups in total. The zero-order chi connectivity index (χ0) is 29.7. The van der Waals surface area contributed by atoms with E-state index in [-0.39, 0.29) is 0 Å². The van der Waals surface area contributed by atoms with Crippen LogP contribution in [-0.2, 0) is 0 Å². The van der Waals surface area contributed by atoms with E-state index in [1.807, 2.05) is 6.07 Å². The van der Waals surface area contributed by atoms with E-state index in [9.17, 15) is 0 Å². The maximum atomic E-state index is 6.54. The number of furan rings is 1. The number of fused-ring (bicyclic) bond motifs is 5. The van der Waals surface area contributed by atoms with Crippen LogP contribution < -0.4 is 0 Å². The van der Waals surface area contributed by atoms with E-state index in [0.29, 0.717) is 0 Å². The van der Waals surface area contributed by atoms with Crippen molar-refractivity contribution in [3.63, 3.8) is 0 Å². The van der Waals surface area contributed by atoms with Crippen molar-refractivity contribution in [1.29, 1.82) is 0 Å². The van der Waals surface area contributed by atoms with Gasteiger partial charge in [0.1, 0.15) is 11.2 Å². The van der Waals surface area contributed by atoms with E-state index in [1.165, 1.54) is 54.9 Å². The molecule has 0 unspecified atom stereocenters. The quantitative estimate of drug-likeness (QED) is 0.191. The van der Waals surface area contributed by atoms with E-state index in [0.717, 1.165) is 33.1 Å². The first kappa shape index (κ1) is 25.6. The van der Waals surface area contributed by atoms with E-state index >= 15 is 0 Å². The lowest BCUT2D eigenvalue weighted by Crippen LogP contribution is -1.91. The number of hydrogen-bond donors (Lipinski definition) is 0. The van der Waals surface area contributed by atoms with Gasteiger partial charge in [-0.05, 0) is 72.6 Å². The second-order valence-corrected chi connectivity index (χ2v) is 11.6. The van der Waals surface area contributed by atoms with Crippen LogP contribution in [-0.4, -0.2) is 0 Å². The first-order chi connectivity index (χ1) is 22.3. The van der Waals surface area contributed by atoms with E-state index in [1.54, 1.807) is 0 Å². The number of rotatable bonds is 4. The highest BCUT2D eigenvalue weighted by Crippen LogP contribution is 2.45. The molecule has 0 fully saturated rings. The Bertz CT molecular complexity index is 2450. The average Bonchev–Trinajstić information content (AvgIpc) is 3.51. The van der Waals surface area contributed by atoms with Crippen molar-refractivity contribution >= 4 is 43.5 Å². The fourth-order valence-electron chi connectivity index (χ4n) is 7.09. The van der Waals surface area contributed by atoms with Crippen LogP contribution in [0.5, 0.6) is 0 Å². The smallest absolute Gasteiger partial charge is 0.143 e. The van der Waals surface area contributed by atoms with Crippen LogP contribution in [0, 0.1) is 0 Å². The maximum absolute atomic E-state index is 6.54. The Morgan fingerprint density at radius 3 is 1.27 bits per heavy atom. The molecule has 9 rings (SSSR count). The summed E-state index contributed by atoms with van der Waals surface area (Å²) in [6, 6.07) is 60.8. The molecule has 0 aliphatic carbocycles. The molecule has 0 spiro atoms. The molecule has 0 saturated carbocycles. The third kappa shape index (κ3) is 4.09. The molecule has 0 bridgehead atoms. The molecule has 8 aromatic carbocycles. The molecule has 1 aromatic heterocycles. The lowest BCUT2D eigenvalue weighted by Gasteiger charge is -2.18. The average molecular weight is 573 g/mol. The van der Waals surface area contributed by atoms with E-state index in [2.05, 4.69) is 164 Å². The molecule has 210 valence electrons. The minimum Gasteiger partial charge on any atom is -0.455 e. The molecule has 0 atom stereocenters. The van der Waals surface area contributed by atoms with Crippen LogP contribution in [0.1, 0.15) is 0 Å². The van der Waals surface area contributed by atoms with E-state index in [4.69, 9.17) is 4.42 Å². The van der Waals surface area contributed by atoms with Gasteiger partial charge in [-0.15, -0.1) is 0 Å². The van der Waals surface area contributed by atoms with Crippen molar-refractivity contribution in [1.82, 2.24) is 0 Å². The monoisotopic (exact) mass is 572 g/mol. The fraction of sp³-hybridized carbons (Fsp3) is 0. The largest absolute Gasteiger partial charge is 0.455 e. The molecule has 1 heterocycles.